The van der Waals surface area contributed by atoms with Crippen LogP contribution in [0.2, 0.25) is 0 Å². The molecular weight excluding hydrogens is 262 g/mol. The van der Waals surface area contributed by atoms with Crippen molar-refractivity contribution < 1.29 is 5.11 Å². The number of aliphatic hydroxyl groups excluding tert-OH is 1. The number of aliphatic hydroxyl groups is 1. The summed E-state index contributed by atoms with van der Waals surface area (Å²) in [6.45, 7) is 5.41. The van der Waals surface area contributed by atoms with Crippen molar-refractivity contribution >= 4 is 0 Å². The quantitative estimate of drug-likeness (QED) is 0.849. The fourth-order valence-electron chi connectivity index (χ4n) is 3.76. The number of nitrogens with two attached hydrogens (primary N) is 1. The third-order valence-electron chi connectivity index (χ3n) is 5.04. The van der Waals surface area contributed by atoms with Crippen LogP contribution in [0.25, 0.3) is 0 Å². The molecule has 2 aliphatic heterocycles. The summed E-state index contributed by atoms with van der Waals surface area (Å²) in [4.78, 5) is 5.05. The molecule has 1 aromatic carbocycles. The van der Waals surface area contributed by atoms with Crippen molar-refractivity contribution in [2.24, 2.45) is 5.73 Å². The first-order valence-electron chi connectivity index (χ1n) is 8.13. The van der Waals surface area contributed by atoms with Crippen molar-refractivity contribution in [3.8, 4) is 0 Å². The Labute approximate surface area is 127 Å². The Balaban J connectivity index is 1.62. The van der Waals surface area contributed by atoms with Gasteiger partial charge in [0.1, 0.15) is 0 Å². The molecule has 2 unspecified atom stereocenters. The zero-order valence-electron chi connectivity index (χ0n) is 12.7. The lowest BCUT2D eigenvalue weighted by molar-refractivity contribution is 0.143. The van der Waals surface area contributed by atoms with Gasteiger partial charge in [0.15, 0.2) is 0 Å². The topological polar surface area (TPSA) is 52.7 Å². The van der Waals surface area contributed by atoms with E-state index in [-0.39, 0.29) is 6.61 Å². The molecule has 0 bridgehead atoms. The van der Waals surface area contributed by atoms with E-state index in [1.165, 1.54) is 32.4 Å². The molecule has 0 aromatic heterocycles. The van der Waals surface area contributed by atoms with Crippen LogP contribution in [0, 0.1) is 0 Å². The van der Waals surface area contributed by atoms with E-state index in [0.29, 0.717) is 6.04 Å². The predicted octanol–water partition coefficient (Wildman–Crippen LogP) is 1.00. The Morgan fingerprint density at radius 2 is 1.86 bits per heavy atom. The summed E-state index contributed by atoms with van der Waals surface area (Å²) in [6, 6.07) is 10.7. The van der Waals surface area contributed by atoms with Crippen molar-refractivity contribution in [1.29, 1.82) is 0 Å². The normalized spacial score (nSPS) is 27.0. The molecule has 0 saturated carbocycles. The Morgan fingerprint density at radius 1 is 1.14 bits per heavy atom. The maximum absolute atomic E-state index is 9.81. The van der Waals surface area contributed by atoms with Crippen LogP contribution < -0.4 is 5.73 Å². The Morgan fingerprint density at radius 3 is 2.52 bits per heavy atom. The Bertz CT molecular complexity index is 447. The smallest absolute Gasteiger partial charge is 0.0772 e. The molecule has 3 rings (SSSR count). The minimum atomic E-state index is -0.652. The molecule has 4 heteroatoms. The molecule has 2 heterocycles. The zero-order chi connectivity index (χ0) is 14.7. The summed E-state index contributed by atoms with van der Waals surface area (Å²) >= 11 is 0. The average Bonchev–Trinajstić information content (AvgIpc) is 3.19. The highest BCUT2D eigenvalue weighted by Gasteiger charge is 2.34. The van der Waals surface area contributed by atoms with Gasteiger partial charge in [-0.15, -0.1) is 0 Å². The minimum absolute atomic E-state index is 0.0120. The molecule has 0 amide bonds. The maximum Gasteiger partial charge on any atom is 0.0772 e. The van der Waals surface area contributed by atoms with Gasteiger partial charge in [0.2, 0.25) is 0 Å². The number of benzene rings is 1. The fourth-order valence-corrected chi connectivity index (χ4v) is 3.76. The van der Waals surface area contributed by atoms with E-state index in [4.69, 9.17) is 5.73 Å². The van der Waals surface area contributed by atoms with Gasteiger partial charge in [-0.25, -0.2) is 0 Å². The van der Waals surface area contributed by atoms with E-state index >= 15 is 0 Å². The lowest BCUT2D eigenvalue weighted by Gasteiger charge is -2.33. The monoisotopic (exact) mass is 289 g/mol. The molecule has 116 valence electrons. The molecule has 2 fully saturated rings. The van der Waals surface area contributed by atoms with Crippen molar-refractivity contribution in [3.63, 3.8) is 0 Å². The minimum Gasteiger partial charge on any atom is -0.394 e. The molecule has 2 atom stereocenters. The van der Waals surface area contributed by atoms with E-state index in [2.05, 4.69) is 9.80 Å². The number of hydrogen-bond donors (Lipinski definition) is 2. The standard InChI is InChI=1S/C17H27N3O/c18-17(14-21,15-6-2-1-3-7-15)13-19-11-8-16(12-19)20-9-4-5-10-20/h1-3,6-7,16,21H,4-5,8-14,18H2. The van der Waals surface area contributed by atoms with E-state index in [1.54, 1.807) is 0 Å². The maximum atomic E-state index is 9.81. The summed E-state index contributed by atoms with van der Waals surface area (Å²) in [5.74, 6) is 0. The SMILES string of the molecule is NC(CO)(CN1CCC(N2CCCC2)C1)c1ccccc1. The van der Waals surface area contributed by atoms with E-state index < -0.39 is 5.54 Å². The predicted molar refractivity (Wildman–Crippen MR) is 85.0 cm³/mol. The summed E-state index contributed by atoms with van der Waals surface area (Å²) in [6.07, 6.45) is 3.92. The molecule has 4 nitrogen and oxygen atoms in total. The van der Waals surface area contributed by atoms with Crippen LogP contribution in [0.5, 0.6) is 0 Å². The van der Waals surface area contributed by atoms with Gasteiger partial charge in [0, 0.05) is 19.1 Å². The molecule has 0 radical (unpaired) electrons. The second-order valence-corrected chi connectivity index (χ2v) is 6.60. The first-order valence-corrected chi connectivity index (χ1v) is 8.13. The first kappa shape index (κ1) is 15.0. The van der Waals surface area contributed by atoms with E-state index in [0.717, 1.165) is 25.2 Å². The molecule has 3 N–H and O–H groups in total. The first-order chi connectivity index (χ1) is 10.2. The van der Waals surface area contributed by atoms with E-state index in [1.807, 2.05) is 30.3 Å². The average molecular weight is 289 g/mol. The van der Waals surface area contributed by atoms with Gasteiger partial charge in [0.25, 0.3) is 0 Å². The van der Waals surface area contributed by atoms with Crippen LogP contribution in [-0.4, -0.2) is 60.3 Å². The Kier molecular flexibility index (Phi) is 4.60. The molecular formula is C17H27N3O. The molecule has 2 aliphatic rings. The second kappa shape index (κ2) is 6.44. The molecule has 21 heavy (non-hydrogen) atoms. The van der Waals surface area contributed by atoms with Gasteiger partial charge in [-0.05, 0) is 44.5 Å². The highest BCUT2D eigenvalue weighted by atomic mass is 16.3. The molecule has 0 spiro atoms. The van der Waals surface area contributed by atoms with Crippen LogP contribution in [0.15, 0.2) is 30.3 Å². The summed E-state index contributed by atoms with van der Waals surface area (Å²) < 4.78 is 0. The third-order valence-corrected chi connectivity index (χ3v) is 5.04. The van der Waals surface area contributed by atoms with Gasteiger partial charge >= 0.3 is 0 Å². The summed E-state index contributed by atoms with van der Waals surface area (Å²) in [5.41, 5.74) is 6.87. The third kappa shape index (κ3) is 3.29. The molecule has 0 aliphatic carbocycles. The zero-order valence-corrected chi connectivity index (χ0v) is 12.7. The lowest BCUT2D eigenvalue weighted by atomic mass is 9.91. The molecule has 1 aromatic rings. The number of hydrogen-bond acceptors (Lipinski definition) is 4. The van der Waals surface area contributed by atoms with Gasteiger partial charge < -0.3 is 10.8 Å². The van der Waals surface area contributed by atoms with Gasteiger partial charge in [0.05, 0.1) is 12.1 Å². The molecule has 2 saturated heterocycles. The summed E-state index contributed by atoms with van der Waals surface area (Å²) in [5, 5.41) is 9.81. The number of likely N-dealkylation sites (tertiary alicyclic amines) is 2. The van der Waals surface area contributed by atoms with Crippen molar-refractivity contribution in [1.82, 2.24) is 9.80 Å². The van der Waals surface area contributed by atoms with Gasteiger partial charge in [-0.3, -0.25) is 9.80 Å². The van der Waals surface area contributed by atoms with Crippen LogP contribution in [0.3, 0.4) is 0 Å². The van der Waals surface area contributed by atoms with Crippen LogP contribution in [0.1, 0.15) is 24.8 Å². The van der Waals surface area contributed by atoms with Gasteiger partial charge in [-0.1, -0.05) is 30.3 Å². The second-order valence-electron chi connectivity index (χ2n) is 6.60. The van der Waals surface area contributed by atoms with Crippen molar-refractivity contribution in [3.05, 3.63) is 35.9 Å². The van der Waals surface area contributed by atoms with Crippen molar-refractivity contribution in [2.75, 3.05) is 39.3 Å². The largest absolute Gasteiger partial charge is 0.394 e. The number of rotatable bonds is 5. The fraction of sp³-hybridized carbons (Fsp3) is 0.647. The van der Waals surface area contributed by atoms with Gasteiger partial charge in [-0.2, -0.15) is 0 Å². The summed E-state index contributed by atoms with van der Waals surface area (Å²) in [7, 11) is 0. The van der Waals surface area contributed by atoms with E-state index in [9.17, 15) is 5.11 Å². The number of nitrogens with zero attached hydrogens (tertiary/aromatic N) is 2. The van der Waals surface area contributed by atoms with Crippen molar-refractivity contribution in [2.45, 2.75) is 30.8 Å². The van der Waals surface area contributed by atoms with Crippen LogP contribution in [0.4, 0.5) is 0 Å². The highest BCUT2D eigenvalue weighted by molar-refractivity contribution is 5.24. The lowest BCUT2D eigenvalue weighted by Crippen LogP contribution is -2.50. The Hall–Kier alpha value is -0.940. The van der Waals surface area contributed by atoms with Crippen LogP contribution in [-0.2, 0) is 5.54 Å². The van der Waals surface area contributed by atoms with Crippen LogP contribution >= 0.6 is 0 Å². The highest BCUT2D eigenvalue weighted by Crippen LogP contribution is 2.24.